The number of nitrogens with one attached hydrogen (secondary N) is 2. The third-order valence-electron chi connectivity index (χ3n) is 5.45. The number of benzene rings is 1. The molecule has 136 valence electrons. The number of hydrogen-bond acceptors (Lipinski definition) is 4. The van der Waals surface area contributed by atoms with E-state index in [4.69, 9.17) is 9.47 Å². The number of para-hydroxylation sites is 1. The number of fused-ring (bicyclic) bond motifs is 2. The van der Waals surface area contributed by atoms with Crippen molar-refractivity contribution in [1.29, 1.82) is 0 Å². The molecule has 3 atom stereocenters. The van der Waals surface area contributed by atoms with Crippen LogP contribution in [0.1, 0.15) is 37.3 Å². The zero-order valence-electron chi connectivity index (χ0n) is 14.6. The molecule has 25 heavy (non-hydrogen) atoms. The summed E-state index contributed by atoms with van der Waals surface area (Å²) in [5.41, 5.74) is 1.06. The van der Waals surface area contributed by atoms with Crippen molar-refractivity contribution in [2.45, 2.75) is 43.9 Å². The second kappa shape index (κ2) is 7.62. The predicted molar refractivity (Wildman–Crippen MR) is 94.8 cm³/mol. The lowest BCUT2D eigenvalue weighted by Gasteiger charge is -2.35. The second-order valence-electron chi connectivity index (χ2n) is 7.18. The molecule has 6 heteroatoms. The van der Waals surface area contributed by atoms with Crippen molar-refractivity contribution in [3.8, 4) is 5.75 Å². The molecule has 0 unspecified atom stereocenters. The van der Waals surface area contributed by atoms with Gasteiger partial charge in [-0.1, -0.05) is 18.2 Å². The predicted octanol–water partition coefficient (Wildman–Crippen LogP) is 2.06. The van der Waals surface area contributed by atoms with Crippen LogP contribution in [0, 0.1) is 0 Å². The summed E-state index contributed by atoms with van der Waals surface area (Å²) in [5.74, 6) is 0.876. The van der Waals surface area contributed by atoms with Gasteiger partial charge >= 0.3 is 6.03 Å². The summed E-state index contributed by atoms with van der Waals surface area (Å²) >= 11 is 0. The summed E-state index contributed by atoms with van der Waals surface area (Å²) in [4.78, 5) is 14.9. The number of hydrogen-bond donors (Lipinski definition) is 2. The standard InChI is InChI=1S/C19H27N3O3/c23-19(20-11-15-12-22-9-3-5-14(22)13-25-15)21-17-7-4-10-24-18-8-2-1-6-16(17)18/h1-2,6,8,14-15,17H,3-5,7,9-13H2,(H2,20,21,23)/t14-,15+,17-/m0/s1. The minimum absolute atomic E-state index is 0.00561. The second-order valence-corrected chi connectivity index (χ2v) is 7.18. The molecule has 0 aromatic heterocycles. The molecule has 3 aliphatic heterocycles. The summed E-state index contributed by atoms with van der Waals surface area (Å²) < 4.78 is 11.7. The Kier molecular flexibility index (Phi) is 5.08. The lowest BCUT2D eigenvalue weighted by atomic mass is 10.0. The van der Waals surface area contributed by atoms with Gasteiger partial charge in [0.2, 0.25) is 0 Å². The Hall–Kier alpha value is -1.79. The topological polar surface area (TPSA) is 62.8 Å². The SMILES string of the molecule is O=C(NC[C@@H]1CN2CCC[C@H]2CO1)N[C@H]1CCCOc2ccccc21. The molecule has 3 heterocycles. The molecule has 2 saturated heterocycles. The van der Waals surface area contributed by atoms with Crippen molar-refractivity contribution in [3.63, 3.8) is 0 Å². The van der Waals surface area contributed by atoms with Gasteiger partial charge in [-0.15, -0.1) is 0 Å². The van der Waals surface area contributed by atoms with Crippen LogP contribution in [0.15, 0.2) is 24.3 Å². The highest BCUT2D eigenvalue weighted by Crippen LogP contribution is 2.31. The van der Waals surface area contributed by atoms with Crippen LogP contribution in [0.5, 0.6) is 5.75 Å². The van der Waals surface area contributed by atoms with Crippen LogP contribution in [0.25, 0.3) is 0 Å². The number of rotatable bonds is 3. The molecule has 0 spiro atoms. The lowest BCUT2D eigenvalue weighted by Crippen LogP contribution is -2.51. The van der Waals surface area contributed by atoms with Crippen LogP contribution in [-0.4, -0.2) is 55.9 Å². The van der Waals surface area contributed by atoms with Crippen LogP contribution in [0.2, 0.25) is 0 Å². The van der Waals surface area contributed by atoms with E-state index in [-0.39, 0.29) is 18.2 Å². The Morgan fingerprint density at radius 3 is 3.12 bits per heavy atom. The average Bonchev–Trinajstić information content (AvgIpc) is 3.01. The van der Waals surface area contributed by atoms with Crippen molar-refractivity contribution in [2.24, 2.45) is 0 Å². The first-order chi connectivity index (χ1) is 12.3. The van der Waals surface area contributed by atoms with Gasteiger partial charge in [-0.3, -0.25) is 4.90 Å². The summed E-state index contributed by atoms with van der Waals surface area (Å²) in [6.45, 7) is 4.13. The Morgan fingerprint density at radius 2 is 2.16 bits per heavy atom. The first-order valence-corrected chi connectivity index (χ1v) is 9.41. The zero-order chi connectivity index (χ0) is 17.1. The van der Waals surface area contributed by atoms with Crippen molar-refractivity contribution < 1.29 is 14.3 Å². The molecule has 2 fully saturated rings. The van der Waals surface area contributed by atoms with Crippen molar-refractivity contribution in [3.05, 3.63) is 29.8 Å². The molecule has 0 bridgehead atoms. The van der Waals surface area contributed by atoms with E-state index in [1.54, 1.807) is 0 Å². The molecule has 0 radical (unpaired) electrons. The number of carbonyl (C=O) groups is 1. The van der Waals surface area contributed by atoms with E-state index >= 15 is 0 Å². The molecule has 0 saturated carbocycles. The number of amides is 2. The third kappa shape index (κ3) is 3.90. The maximum Gasteiger partial charge on any atom is 0.315 e. The normalized spacial score (nSPS) is 29.0. The van der Waals surface area contributed by atoms with Gasteiger partial charge in [-0.05, 0) is 38.3 Å². The summed E-state index contributed by atoms with van der Waals surface area (Å²) in [6, 6.07) is 8.41. The van der Waals surface area contributed by atoms with E-state index in [2.05, 4.69) is 15.5 Å². The van der Waals surface area contributed by atoms with Gasteiger partial charge in [0.15, 0.2) is 0 Å². The number of ether oxygens (including phenoxy) is 2. The highest BCUT2D eigenvalue weighted by Gasteiger charge is 2.32. The van der Waals surface area contributed by atoms with Gasteiger partial charge < -0.3 is 20.1 Å². The zero-order valence-corrected chi connectivity index (χ0v) is 14.6. The molecule has 2 amide bonds. The number of morpholine rings is 1. The molecule has 6 nitrogen and oxygen atoms in total. The van der Waals surface area contributed by atoms with Crippen LogP contribution in [0.3, 0.4) is 0 Å². The Bertz CT molecular complexity index is 609. The quantitative estimate of drug-likeness (QED) is 0.880. The van der Waals surface area contributed by atoms with Crippen molar-refractivity contribution in [1.82, 2.24) is 15.5 Å². The fourth-order valence-electron chi connectivity index (χ4n) is 4.10. The molecular weight excluding hydrogens is 318 g/mol. The van der Waals surface area contributed by atoms with Gasteiger partial charge in [0, 0.05) is 24.7 Å². The van der Waals surface area contributed by atoms with Crippen LogP contribution < -0.4 is 15.4 Å². The van der Waals surface area contributed by atoms with Crippen LogP contribution in [0.4, 0.5) is 4.79 Å². The van der Waals surface area contributed by atoms with E-state index in [0.29, 0.717) is 19.2 Å². The van der Waals surface area contributed by atoms with E-state index in [0.717, 1.165) is 43.9 Å². The Balaban J connectivity index is 1.29. The number of nitrogens with zero attached hydrogens (tertiary/aromatic N) is 1. The summed E-state index contributed by atoms with van der Waals surface area (Å²) in [5, 5.41) is 6.09. The maximum absolute atomic E-state index is 12.4. The fraction of sp³-hybridized carbons (Fsp3) is 0.632. The van der Waals surface area contributed by atoms with Crippen LogP contribution >= 0.6 is 0 Å². The average molecular weight is 345 g/mol. The van der Waals surface area contributed by atoms with Gasteiger partial charge in [0.25, 0.3) is 0 Å². The Morgan fingerprint density at radius 1 is 1.24 bits per heavy atom. The monoisotopic (exact) mass is 345 g/mol. The first kappa shape index (κ1) is 16.7. The molecule has 1 aromatic carbocycles. The largest absolute Gasteiger partial charge is 0.493 e. The van der Waals surface area contributed by atoms with Gasteiger partial charge in [-0.2, -0.15) is 0 Å². The minimum Gasteiger partial charge on any atom is -0.493 e. The molecular formula is C19H27N3O3. The highest BCUT2D eigenvalue weighted by atomic mass is 16.5. The molecule has 4 rings (SSSR count). The summed E-state index contributed by atoms with van der Waals surface area (Å²) in [7, 11) is 0. The fourth-order valence-corrected chi connectivity index (χ4v) is 4.10. The minimum atomic E-state index is -0.131. The third-order valence-corrected chi connectivity index (χ3v) is 5.45. The number of urea groups is 1. The van der Waals surface area contributed by atoms with E-state index in [9.17, 15) is 4.79 Å². The van der Waals surface area contributed by atoms with Gasteiger partial charge in [-0.25, -0.2) is 4.79 Å². The molecule has 2 N–H and O–H groups in total. The first-order valence-electron chi connectivity index (χ1n) is 9.41. The number of carbonyl (C=O) groups excluding carboxylic acids is 1. The lowest BCUT2D eigenvalue weighted by molar-refractivity contribution is -0.0458. The van der Waals surface area contributed by atoms with Crippen molar-refractivity contribution in [2.75, 3.05) is 32.8 Å². The van der Waals surface area contributed by atoms with Crippen LogP contribution in [-0.2, 0) is 4.74 Å². The molecule has 1 aromatic rings. The van der Waals surface area contributed by atoms with E-state index in [1.807, 2.05) is 24.3 Å². The molecule has 3 aliphatic rings. The summed E-state index contributed by atoms with van der Waals surface area (Å²) in [6.07, 6.45) is 4.41. The maximum atomic E-state index is 12.4. The smallest absolute Gasteiger partial charge is 0.315 e. The van der Waals surface area contributed by atoms with Gasteiger partial charge in [0.05, 0.1) is 25.4 Å². The Labute approximate surface area is 148 Å². The van der Waals surface area contributed by atoms with E-state index < -0.39 is 0 Å². The van der Waals surface area contributed by atoms with Crippen molar-refractivity contribution >= 4 is 6.03 Å². The van der Waals surface area contributed by atoms with E-state index in [1.165, 1.54) is 12.8 Å². The highest BCUT2D eigenvalue weighted by molar-refractivity contribution is 5.74. The van der Waals surface area contributed by atoms with Gasteiger partial charge in [0.1, 0.15) is 5.75 Å². The molecule has 0 aliphatic carbocycles.